The molecule has 1 aromatic heterocycles. The summed E-state index contributed by atoms with van der Waals surface area (Å²) >= 11 is 6.93. The number of benzene rings is 2. The first kappa shape index (κ1) is 18.4. The molecule has 7 heteroatoms. The zero-order chi connectivity index (χ0) is 18.7. The molecule has 0 radical (unpaired) electrons. The molecule has 0 saturated carbocycles. The van der Waals surface area contributed by atoms with Gasteiger partial charge in [-0.2, -0.15) is 5.26 Å². The number of rotatable bonds is 5. The lowest BCUT2D eigenvalue weighted by Gasteiger charge is -2.09. The Kier molecular flexibility index (Phi) is 5.55. The number of imidazole rings is 1. The van der Waals surface area contributed by atoms with Gasteiger partial charge in [0.15, 0.2) is 0 Å². The van der Waals surface area contributed by atoms with Crippen LogP contribution in [0.15, 0.2) is 51.9 Å². The molecular weight excluding hydrogens is 465 g/mol. The number of nitrogens with zero attached hydrogens (tertiary/aromatic N) is 2. The van der Waals surface area contributed by atoms with E-state index >= 15 is 0 Å². The first-order chi connectivity index (χ1) is 12.5. The van der Waals surface area contributed by atoms with Crippen LogP contribution in [0.2, 0.25) is 0 Å². The number of nitrogens with one attached hydrogen (secondary N) is 1. The zero-order valence-corrected chi connectivity index (χ0v) is 16.6. The highest BCUT2D eigenvalue weighted by atomic mass is 79.9. The van der Waals surface area contributed by atoms with Crippen LogP contribution in [0.1, 0.15) is 11.4 Å². The normalized spacial score (nSPS) is 11.4. The Labute approximate surface area is 166 Å². The molecule has 4 nitrogen and oxygen atoms in total. The molecule has 0 atom stereocenters. The Morgan fingerprint density at radius 1 is 1.31 bits per heavy atom. The average molecular weight is 477 g/mol. The topological polar surface area (TPSA) is 61.7 Å². The van der Waals surface area contributed by atoms with Gasteiger partial charge in [0, 0.05) is 0 Å². The minimum absolute atomic E-state index is 0.333. The minimum Gasteiger partial charge on any atom is -0.487 e. The SMILES string of the molecule is C=CCOc1c(Br)cc(/C=C(\C#N)c2nc3ccc(F)cc3[nH]2)cc1Br. The van der Waals surface area contributed by atoms with Gasteiger partial charge in [0.25, 0.3) is 0 Å². The lowest BCUT2D eigenvalue weighted by Crippen LogP contribution is -1.95. The third kappa shape index (κ3) is 3.87. The molecule has 3 aromatic rings. The smallest absolute Gasteiger partial charge is 0.149 e. The summed E-state index contributed by atoms with van der Waals surface area (Å²) in [4.78, 5) is 7.33. The van der Waals surface area contributed by atoms with Gasteiger partial charge in [-0.1, -0.05) is 12.7 Å². The van der Waals surface area contributed by atoms with Crippen LogP contribution < -0.4 is 4.74 Å². The standard InChI is InChI=1S/C19H12Br2FN3O/c1-2-5-26-18-14(20)7-11(8-15(18)21)6-12(10-23)19-24-16-4-3-13(22)9-17(16)25-19/h2-4,6-9H,1,5H2,(H,24,25)/b12-6+. The summed E-state index contributed by atoms with van der Waals surface area (Å²) in [6, 6.07) is 10.0. The monoisotopic (exact) mass is 475 g/mol. The van der Waals surface area contributed by atoms with Gasteiger partial charge in [-0.3, -0.25) is 0 Å². The predicted molar refractivity (Wildman–Crippen MR) is 107 cm³/mol. The van der Waals surface area contributed by atoms with Gasteiger partial charge in [-0.15, -0.1) is 0 Å². The number of ether oxygens (including phenoxy) is 1. The number of allylic oxidation sites excluding steroid dienone is 1. The second-order valence-corrected chi connectivity index (χ2v) is 7.04. The van der Waals surface area contributed by atoms with Crippen molar-refractivity contribution in [2.24, 2.45) is 0 Å². The van der Waals surface area contributed by atoms with Crippen molar-refractivity contribution in [1.82, 2.24) is 9.97 Å². The quantitative estimate of drug-likeness (QED) is 0.370. The van der Waals surface area contributed by atoms with Crippen LogP contribution >= 0.6 is 31.9 Å². The Morgan fingerprint density at radius 3 is 2.69 bits per heavy atom. The van der Waals surface area contributed by atoms with Crippen LogP contribution in [-0.4, -0.2) is 16.6 Å². The molecule has 0 fully saturated rings. The van der Waals surface area contributed by atoms with E-state index in [-0.39, 0.29) is 5.82 Å². The van der Waals surface area contributed by atoms with Crippen molar-refractivity contribution in [2.75, 3.05) is 6.61 Å². The second-order valence-electron chi connectivity index (χ2n) is 5.33. The molecule has 3 rings (SSSR count). The van der Waals surface area contributed by atoms with Crippen LogP contribution in [0.4, 0.5) is 4.39 Å². The minimum atomic E-state index is -0.363. The van der Waals surface area contributed by atoms with Crippen LogP contribution in [-0.2, 0) is 0 Å². The van der Waals surface area contributed by atoms with Gasteiger partial charge in [0.1, 0.15) is 30.1 Å². The molecule has 0 spiro atoms. The summed E-state index contributed by atoms with van der Waals surface area (Å²) in [5.41, 5.74) is 2.24. The van der Waals surface area contributed by atoms with E-state index in [0.717, 1.165) is 14.5 Å². The summed E-state index contributed by atoms with van der Waals surface area (Å²) in [5.74, 6) is 0.672. The Hall–Kier alpha value is -2.43. The molecule has 1 N–H and O–H groups in total. The van der Waals surface area contributed by atoms with E-state index in [1.54, 1.807) is 18.2 Å². The van der Waals surface area contributed by atoms with Gasteiger partial charge in [0.2, 0.25) is 0 Å². The van der Waals surface area contributed by atoms with Crippen molar-refractivity contribution in [3.8, 4) is 11.8 Å². The van der Waals surface area contributed by atoms with Crippen LogP contribution in [0.3, 0.4) is 0 Å². The zero-order valence-electron chi connectivity index (χ0n) is 13.4. The second kappa shape index (κ2) is 7.85. The average Bonchev–Trinajstić information content (AvgIpc) is 3.01. The number of halogens is 3. The summed E-state index contributed by atoms with van der Waals surface area (Å²) in [6.45, 7) is 4.01. The fourth-order valence-electron chi connectivity index (χ4n) is 2.37. The lowest BCUT2D eigenvalue weighted by molar-refractivity contribution is 0.358. The molecule has 0 unspecified atom stereocenters. The highest BCUT2D eigenvalue weighted by molar-refractivity contribution is 9.11. The van der Waals surface area contributed by atoms with E-state index in [0.29, 0.717) is 34.8 Å². The van der Waals surface area contributed by atoms with Crippen molar-refractivity contribution >= 4 is 54.5 Å². The van der Waals surface area contributed by atoms with E-state index in [2.05, 4.69) is 54.5 Å². The third-order valence-corrected chi connectivity index (χ3v) is 4.67. The number of aromatic nitrogens is 2. The van der Waals surface area contributed by atoms with Crippen LogP contribution in [0.5, 0.6) is 5.75 Å². The number of H-pyrrole nitrogens is 1. The Morgan fingerprint density at radius 2 is 2.04 bits per heavy atom. The third-order valence-electron chi connectivity index (χ3n) is 3.50. The Bertz CT molecular complexity index is 1040. The highest BCUT2D eigenvalue weighted by Crippen LogP contribution is 2.35. The maximum absolute atomic E-state index is 13.3. The molecule has 0 aliphatic heterocycles. The Balaban J connectivity index is 2.00. The highest BCUT2D eigenvalue weighted by Gasteiger charge is 2.11. The molecule has 130 valence electrons. The number of hydrogen-bond acceptors (Lipinski definition) is 3. The van der Waals surface area contributed by atoms with Crippen molar-refractivity contribution in [3.05, 3.63) is 69.1 Å². The number of aromatic amines is 1. The van der Waals surface area contributed by atoms with Gasteiger partial charge in [-0.05, 0) is 73.8 Å². The molecule has 0 saturated heterocycles. The molecule has 0 aliphatic carbocycles. The summed E-state index contributed by atoms with van der Waals surface area (Å²) in [6.07, 6.45) is 3.35. The molecule has 0 amide bonds. The van der Waals surface area contributed by atoms with Gasteiger partial charge < -0.3 is 9.72 Å². The van der Waals surface area contributed by atoms with Crippen LogP contribution in [0.25, 0.3) is 22.7 Å². The molecule has 0 aliphatic rings. The van der Waals surface area contributed by atoms with Gasteiger partial charge in [0.05, 0.1) is 25.6 Å². The van der Waals surface area contributed by atoms with Crippen molar-refractivity contribution < 1.29 is 9.13 Å². The van der Waals surface area contributed by atoms with Crippen molar-refractivity contribution in [1.29, 1.82) is 5.26 Å². The van der Waals surface area contributed by atoms with E-state index in [1.807, 2.05) is 12.1 Å². The fraction of sp³-hybridized carbons (Fsp3) is 0.0526. The van der Waals surface area contributed by atoms with E-state index in [1.165, 1.54) is 12.1 Å². The number of fused-ring (bicyclic) bond motifs is 1. The van der Waals surface area contributed by atoms with E-state index < -0.39 is 0 Å². The van der Waals surface area contributed by atoms with E-state index in [9.17, 15) is 9.65 Å². The lowest BCUT2D eigenvalue weighted by atomic mass is 10.1. The van der Waals surface area contributed by atoms with Crippen molar-refractivity contribution in [2.45, 2.75) is 0 Å². The summed E-state index contributed by atoms with van der Waals surface area (Å²) < 4.78 is 20.4. The van der Waals surface area contributed by atoms with Gasteiger partial charge in [-0.25, -0.2) is 9.37 Å². The molecular formula is C19H12Br2FN3O. The molecule has 0 bridgehead atoms. The van der Waals surface area contributed by atoms with Crippen molar-refractivity contribution in [3.63, 3.8) is 0 Å². The largest absolute Gasteiger partial charge is 0.487 e. The first-order valence-corrected chi connectivity index (χ1v) is 9.10. The maximum Gasteiger partial charge on any atom is 0.149 e. The number of hydrogen-bond donors (Lipinski definition) is 1. The molecule has 2 aromatic carbocycles. The van der Waals surface area contributed by atoms with Gasteiger partial charge >= 0.3 is 0 Å². The summed E-state index contributed by atoms with van der Waals surface area (Å²) in [5, 5.41) is 9.52. The number of nitriles is 1. The first-order valence-electron chi connectivity index (χ1n) is 7.52. The summed E-state index contributed by atoms with van der Waals surface area (Å²) in [7, 11) is 0. The fourth-order valence-corrected chi connectivity index (χ4v) is 3.82. The predicted octanol–water partition coefficient (Wildman–Crippen LogP) is 5.86. The molecule has 1 heterocycles. The van der Waals surface area contributed by atoms with Crippen LogP contribution in [0, 0.1) is 17.1 Å². The molecule has 26 heavy (non-hydrogen) atoms. The van der Waals surface area contributed by atoms with E-state index in [4.69, 9.17) is 4.74 Å². The maximum atomic E-state index is 13.3.